The van der Waals surface area contributed by atoms with Crippen LogP contribution >= 0.6 is 0 Å². The first kappa shape index (κ1) is 13.2. The van der Waals surface area contributed by atoms with Crippen molar-refractivity contribution in [2.24, 2.45) is 0 Å². The van der Waals surface area contributed by atoms with Crippen molar-refractivity contribution >= 4 is 17.5 Å². The molecule has 4 nitrogen and oxygen atoms in total. The number of amides is 2. The van der Waals surface area contributed by atoms with E-state index in [9.17, 15) is 9.59 Å². The Morgan fingerprint density at radius 2 is 2.15 bits per heavy atom. The highest BCUT2D eigenvalue weighted by Crippen LogP contribution is 2.37. The molecule has 0 spiro atoms. The maximum absolute atomic E-state index is 12.2. The molecule has 0 aromatic heterocycles. The molecule has 0 bridgehead atoms. The van der Waals surface area contributed by atoms with Crippen LogP contribution in [0.3, 0.4) is 0 Å². The van der Waals surface area contributed by atoms with Gasteiger partial charge in [-0.15, -0.1) is 0 Å². The molecule has 0 saturated heterocycles. The fourth-order valence-corrected chi connectivity index (χ4v) is 3.09. The van der Waals surface area contributed by atoms with Crippen LogP contribution in [0.1, 0.15) is 47.7 Å². The van der Waals surface area contributed by atoms with E-state index < -0.39 is 0 Å². The molecule has 0 fully saturated rings. The second-order valence-electron chi connectivity index (χ2n) is 5.58. The van der Waals surface area contributed by atoms with Gasteiger partial charge in [0.1, 0.15) is 0 Å². The van der Waals surface area contributed by atoms with Crippen LogP contribution in [0.5, 0.6) is 0 Å². The van der Waals surface area contributed by atoms with Gasteiger partial charge in [0, 0.05) is 18.7 Å². The van der Waals surface area contributed by atoms with E-state index in [2.05, 4.69) is 12.2 Å². The lowest BCUT2D eigenvalue weighted by atomic mass is 9.96. The number of hydrogen-bond donors (Lipinski definition) is 1. The van der Waals surface area contributed by atoms with E-state index in [1.54, 1.807) is 0 Å². The zero-order valence-electron chi connectivity index (χ0n) is 11.9. The molecule has 1 N–H and O–H groups in total. The van der Waals surface area contributed by atoms with Crippen LogP contribution in [0.25, 0.3) is 0 Å². The van der Waals surface area contributed by atoms with Crippen molar-refractivity contribution in [2.45, 2.75) is 39.0 Å². The van der Waals surface area contributed by atoms with E-state index in [1.807, 2.05) is 17.0 Å². The van der Waals surface area contributed by atoms with Gasteiger partial charge in [0.2, 0.25) is 5.91 Å². The molecule has 0 atom stereocenters. The second-order valence-corrected chi connectivity index (χ2v) is 5.58. The normalized spacial score (nSPS) is 16.2. The molecule has 0 saturated carbocycles. The quantitative estimate of drug-likeness (QED) is 0.853. The molecule has 3 rings (SSSR count). The first-order valence-electron chi connectivity index (χ1n) is 7.45. The van der Waals surface area contributed by atoms with Gasteiger partial charge in [0.25, 0.3) is 5.91 Å². The van der Waals surface area contributed by atoms with Crippen molar-refractivity contribution in [1.29, 1.82) is 0 Å². The van der Waals surface area contributed by atoms with Gasteiger partial charge in [-0.05, 0) is 42.5 Å². The average molecular weight is 272 g/mol. The van der Waals surface area contributed by atoms with E-state index >= 15 is 0 Å². The standard InChI is InChI=1S/C16H20N2O2/c1-2-3-6-17-16(20)13-8-11-5-4-7-18-14(19)10-12(9-13)15(11)18/h8-9H,2-7,10H2,1H3,(H,17,20). The molecule has 0 aliphatic carbocycles. The van der Waals surface area contributed by atoms with Gasteiger partial charge in [-0.3, -0.25) is 9.59 Å². The summed E-state index contributed by atoms with van der Waals surface area (Å²) in [6, 6.07) is 3.86. The number of nitrogens with one attached hydrogen (secondary N) is 1. The summed E-state index contributed by atoms with van der Waals surface area (Å²) in [7, 11) is 0. The number of benzene rings is 1. The largest absolute Gasteiger partial charge is 0.352 e. The fraction of sp³-hybridized carbons (Fsp3) is 0.500. The van der Waals surface area contributed by atoms with E-state index in [1.165, 1.54) is 0 Å². The Bertz CT molecular complexity index is 566. The Balaban J connectivity index is 1.87. The second kappa shape index (κ2) is 5.27. The minimum Gasteiger partial charge on any atom is -0.352 e. The van der Waals surface area contributed by atoms with Crippen molar-refractivity contribution < 1.29 is 9.59 Å². The zero-order chi connectivity index (χ0) is 14.1. The first-order valence-corrected chi connectivity index (χ1v) is 7.45. The number of nitrogens with zero attached hydrogens (tertiary/aromatic N) is 1. The number of carbonyl (C=O) groups excluding carboxylic acids is 2. The number of rotatable bonds is 4. The van der Waals surface area contributed by atoms with Gasteiger partial charge >= 0.3 is 0 Å². The Labute approximate surface area is 119 Å². The molecule has 0 radical (unpaired) electrons. The fourth-order valence-electron chi connectivity index (χ4n) is 3.09. The average Bonchev–Trinajstić information content (AvgIpc) is 2.77. The number of carbonyl (C=O) groups is 2. The Kier molecular flexibility index (Phi) is 3.47. The summed E-state index contributed by atoms with van der Waals surface area (Å²) in [6.45, 7) is 3.64. The number of unbranched alkanes of at least 4 members (excludes halogenated alkanes) is 1. The predicted octanol–water partition coefficient (Wildman–Crippen LogP) is 2.05. The van der Waals surface area contributed by atoms with Crippen LogP contribution in [-0.4, -0.2) is 24.9 Å². The minimum absolute atomic E-state index is 0.0195. The van der Waals surface area contributed by atoms with Gasteiger partial charge in [-0.2, -0.15) is 0 Å². The van der Waals surface area contributed by atoms with Crippen molar-refractivity contribution in [3.8, 4) is 0 Å². The summed E-state index contributed by atoms with van der Waals surface area (Å²) >= 11 is 0. The highest BCUT2D eigenvalue weighted by atomic mass is 16.2. The van der Waals surface area contributed by atoms with Crippen LogP contribution in [0.2, 0.25) is 0 Å². The van der Waals surface area contributed by atoms with Crippen LogP contribution in [0.15, 0.2) is 12.1 Å². The van der Waals surface area contributed by atoms with Crippen molar-refractivity contribution in [2.75, 3.05) is 18.0 Å². The van der Waals surface area contributed by atoms with Crippen LogP contribution in [0.4, 0.5) is 5.69 Å². The summed E-state index contributed by atoms with van der Waals surface area (Å²) in [5.41, 5.74) is 3.95. The van der Waals surface area contributed by atoms with E-state index in [0.717, 1.165) is 49.0 Å². The maximum atomic E-state index is 12.2. The lowest BCUT2D eigenvalue weighted by molar-refractivity contribution is -0.117. The van der Waals surface area contributed by atoms with E-state index in [-0.39, 0.29) is 11.8 Å². The van der Waals surface area contributed by atoms with Crippen LogP contribution in [0, 0.1) is 0 Å². The topological polar surface area (TPSA) is 49.4 Å². The number of anilines is 1. The molecule has 20 heavy (non-hydrogen) atoms. The Hall–Kier alpha value is -1.84. The van der Waals surface area contributed by atoms with Gasteiger partial charge < -0.3 is 10.2 Å². The SMILES string of the molecule is CCCCNC(=O)c1cc2c3c(c1)CC(=O)N3CCC2. The molecule has 2 heterocycles. The highest BCUT2D eigenvalue weighted by Gasteiger charge is 2.32. The number of aryl methyl sites for hydroxylation is 1. The monoisotopic (exact) mass is 272 g/mol. The highest BCUT2D eigenvalue weighted by molar-refractivity contribution is 6.04. The molecule has 2 aliphatic rings. The third-order valence-corrected chi connectivity index (χ3v) is 4.09. The molecule has 1 aromatic carbocycles. The first-order chi connectivity index (χ1) is 9.70. The minimum atomic E-state index is -0.0195. The summed E-state index contributed by atoms with van der Waals surface area (Å²) in [4.78, 5) is 26.0. The summed E-state index contributed by atoms with van der Waals surface area (Å²) in [5.74, 6) is 0.151. The molecule has 2 amide bonds. The summed E-state index contributed by atoms with van der Waals surface area (Å²) in [6.07, 6.45) is 4.45. The van der Waals surface area contributed by atoms with Crippen molar-refractivity contribution in [3.05, 3.63) is 28.8 Å². The molecule has 0 unspecified atom stereocenters. The van der Waals surface area contributed by atoms with Crippen LogP contribution in [-0.2, 0) is 17.6 Å². The Morgan fingerprint density at radius 1 is 1.35 bits per heavy atom. The molecule has 1 aromatic rings. The number of hydrogen-bond acceptors (Lipinski definition) is 2. The zero-order valence-corrected chi connectivity index (χ0v) is 11.9. The van der Waals surface area contributed by atoms with Crippen LogP contribution < -0.4 is 10.2 Å². The lowest BCUT2D eigenvalue weighted by Crippen LogP contribution is -2.31. The van der Waals surface area contributed by atoms with E-state index in [4.69, 9.17) is 0 Å². The van der Waals surface area contributed by atoms with Crippen molar-refractivity contribution in [1.82, 2.24) is 5.32 Å². The van der Waals surface area contributed by atoms with Gasteiger partial charge in [0.15, 0.2) is 0 Å². The van der Waals surface area contributed by atoms with Gasteiger partial charge in [-0.1, -0.05) is 13.3 Å². The third-order valence-electron chi connectivity index (χ3n) is 4.09. The van der Waals surface area contributed by atoms with Gasteiger partial charge in [0.05, 0.1) is 12.1 Å². The molecular formula is C16H20N2O2. The van der Waals surface area contributed by atoms with E-state index in [0.29, 0.717) is 18.5 Å². The summed E-state index contributed by atoms with van der Waals surface area (Å²) < 4.78 is 0. The molecule has 106 valence electrons. The van der Waals surface area contributed by atoms with Crippen molar-refractivity contribution in [3.63, 3.8) is 0 Å². The Morgan fingerprint density at radius 3 is 2.95 bits per heavy atom. The molecular weight excluding hydrogens is 252 g/mol. The predicted molar refractivity (Wildman–Crippen MR) is 78.1 cm³/mol. The maximum Gasteiger partial charge on any atom is 0.251 e. The third kappa shape index (κ3) is 2.19. The summed E-state index contributed by atoms with van der Waals surface area (Å²) in [5, 5.41) is 2.95. The molecule has 2 aliphatic heterocycles. The molecule has 4 heteroatoms. The smallest absolute Gasteiger partial charge is 0.251 e. The lowest BCUT2D eigenvalue weighted by Gasteiger charge is -2.25. The van der Waals surface area contributed by atoms with Gasteiger partial charge in [-0.25, -0.2) is 0 Å².